The van der Waals surface area contributed by atoms with E-state index in [1.807, 2.05) is 27.7 Å². The fraction of sp³-hybridized carbons (Fsp3) is 0.632. The summed E-state index contributed by atoms with van der Waals surface area (Å²) in [5.41, 5.74) is -1.23. The molecule has 0 radical (unpaired) electrons. The topological polar surface area (TPSA) is 66.8 Å². The molecule has 0 aromatic heterocycles. The van der Waals surface area contributed by atoms with Crippen LogP contribution in [0.3, 0.4) is 0 Å². The Kier molecular flexibility index (Phi) is 5.34. The molecule has 1 atom stereocenters. The first kappa shape index (κ1) is 19.7. The van der Waals surface area contributed by atoms with Crippen LogP contribution in [-0.4, -0.2) is 16.2 Å². The zero-order chi connectivity index (χ0) is 18.2. The van der Waals surface area contributed by atoms with E-state index in [-0.39, 0.29) is 17.3 Å². The van der Waals surface area contributed by atoms with Crippen LogP contribution >= 0.6 is 0 Å². The van der Waals surface area contributed by atoms with Gasteiger partial charge in [0.15, 0.2) is 0 Å². The number of benzene rings is 1. The molecule has 0 saturated heterocycles. The van der Waals surface area contributed by atoms with Gasteiger partial charge in [-0.05, 0) is 62.4 Å². The molecule has 4 heteroatoms. The van der Waals surface area contributed by atoms with Gasteiger partial charge in [0.05, 0.1) is 17.1 Å². The minimum absolute atomic E-state index is 0.204. The molecule has 0 spiro atoms. The zero-order valence-electron chi connectivity index (χ0n) is 15.5. The average Bonchev–Trinajstić information content (AvgIpc) is 2.34. The van der Waals surface area contributed by atoms with Gasteiger partial charge in [-0.3, -0.25) is 4.79 Å². The maximum atomic E-state index is 12.3. The fourth-order valence-corrected chi connectivity index (χ4v) is 1.92. The largest absolute Gasteiger partial charge is 0.426 e. The molecule has 0 aliphatic rings. The summed E-state index contributed by atoms with van der Waals surface area (Å²) in [5.74, 6) is -0.270. The molecule has 130 valence electrons. The van der Waals surface area contributed by atoms with E-state index in [2.05, 4.69) is 0 Å². The predicted molar refractivity (Wildman–Crippen MR) is 91.2 cm³/mol. The summed E-state index contributed by atoms with van der Waals surface area (Å²) >= 11 is 0. The van der Waals surface area contributed by atoms with E-state index in [0.29, 0.717) is 16.9 Å². The maximum Gasteiger partial charge on any atom is 0.314 e. The Morgan fingerprint density at radius 3 is 1.61 bits per heavy atom. The van der Waals surface area contributed by atoms with Crippen LogP contribution in [0.4, 0.5) is 0 Å². The molecule has 1 aromatic rings. The van der Waals surface area contributed by atoms with Gasteiger partial charge < -0.3 is 14.9 Å². The number of esters is 1. The first-order chi connectivity index (χ1) is 10.1. The van der Waals surface area contributed by atoms with Crippen molar-refractivity contribution in [3.05, 3.63) is 29.3 Å². The number of carbonyl (C=O) groups is 1. The van der Waals surface area contributed by atoms with Gasteiger partial charge in [-0.15, -0.1) is 0 Å². The van der Waals surface area contributed by atoms with Crippen LogP contribution in [0.15, 0.2) is 18.2 Å². The highest BCUT2D eigenvalue weighted by Crippen LogP contribution is 2.32. The first-order valence-corrected chi connectivity index (χ1v) is 7.95. The fourth-order valence-electron chi connectivity index (χ4n) is 1.92. The van der Waals surface area contributed by atoms with Crippen molar-refractivity contribution in [3.63, 3.8) is 0 Å². The summed E-state index contributed by atoms with van der Waals surface area (Å²) in [7, 11) is 0. The molecule has 0 heterocycles. The smallest absolute Gasteiger partial charge is 0.314 e. The van der Waals surface area contributed by atoms with Crippen molar-refractivity contribution in [1.29, 1.82) is 0 Å². The Morgan fingerprint density at radius 2 is 1.30 bits per heavy atom. The van der Waals surface area contributed by atoms with Gasteiger partial charge in [0.2, 0.25) is 0 Å². The molecule has 1 rings (SSSR count). The molecule has 4 nitrogen and oxygen atoms in total. The summed E-state index contributed by atoms with van der Waals surface area (Å²) in [6.07, 6.45) is 0. The quantitative estimate of drug-likeness (QED) is 0.655. The number of hydrogen-bond donors (Lipinski definition) is 2. The van der Waals surface area contributed by atoms with Crippen molar-refractivity contribution >= 4 is 5.97 Å². The SMILES string of the molecule is CC(C(=O)Oc1cc(C(C)(C)O)cc(C(C)(C)O)c1)C(C)(C)C. The van der Waals surface area contributed by atoms with E-state index in [0.717, 1.165) is 0 Å². The first-order valence-electron chi connectivity index (χ1n) is 7.95. The lowest BCUT2D eigenvalue weighted by Gasteiger charge is -2.27. The second-order valence-corrected chi connectivity index (χ2v) is 8.37. The standard InChI is InChI=1S/C19H30O4/c1-12(17(2,3)4)16(20)23-15-10-13(18(5,6)21)9-14(11-15)19(7,8)22/h9-12,21-22H,1-8H3. The monoisotopic (exact) mass is 322 g/mol. The van der Waals surface area contributed by atoms with Crippen LogP contribution in [0.25, 0.3) is 0 Å². The minimum atomic E-state index is -1.10. The van der Waals surface area contributed by atoms with Gasteiger partial charge >= 0.3 is 5.97 Å². The predicted octanol–water partition coefficient (Wildman–Crippen LogP) is 3.73. The highest BCUT2D eigenvalue weighted by Gasteiger charge is 2.29. The molecule has 0 fully saturated rings. The van der Waals surface area contributed by atoms with Gasteiger partial charge in [-0.1, -0.05) is 27.7 Å². The Morgan fingerprint density at radius 1 is 0.913 bits per heavy atom. The number of ether oxygens (including phenoxy) is 1. The van der Waals surface area contributed by atoms with E-state index in [1.165, 1.54) is 0 Å². The molecule has 0 amide bonds. The molecule has 1 unspecified atom stereocenters. The third-order valence-electron chi connectivity index (χ3n) is 4.19. The van der Waals surface area contributed by atoms with Crippen LogP contribution < -0.4 is 4.74 Å². The lowest BCUT2D eigenvalue weighted by atomic mass is 9.82. The molecule has 0 aliphatic carbocycles. The third-order valence-corrected chi connectivity index (χ3v) is 4.19. The van der Waals surface area contributed by atoms with E-state index in [4.69, 9.17) is 4.74 Å². The molecule has 0 aliphatic heterocycles. The van der Waals surface area contributed by atoms with E-state index >= 15 is 0 Å². The normalized spacial score (nSPS) is 14.5. The molecule has 2 N–H and O–H groups in total. The molecule has 0 saturated carbocycles. The molecular weight excluding hydrogens is 292 g/mol. The lowest BCUT2D eigenvalue weighted by Crippen LogP contribution is -2.29. The Bertz CT molecular complexity index is 536. The zero-order valence-corrected chi connectivity index (χ0v) is 15.5. The number of hydrogen-bond acceptors (Lipinski definition) is 4. The van der Waals surface area contributed by atoms with Crippen molar-refractivity contribution < 1.29 is 19.7 Å². The molecule has 1 aromatic carbocycles. The molecule has 0 bridgehead atoms. The van der Waals surface area contributed by atoms with E-state index in [9.17, 15) is 15.0 Å². The average molecular weight is 322 g/mol. The van der Waals surface area contributed by atoms with Gasteiger partial charge in [0, 0.05) is 0 Å². The van der Waals surface area contributed by atoms with Crippen molar-refractivity contribution in [2.75, 3.05) is 0 Å². The van der Waals surface area contributed by atoms with Crippen LogP contribution in [-0.2, 0) is 16.0 Å². The van der Waals surface area contributed by atoms with Crippen LogP contribution in [0, 0.1) is 11.3 Å². The second kappa shape index (κ2) is 6.25. The van der Waals surface area contributed by atoms with Crippen molar-refractivity contribution in [3.8, 4) is 5.75 Å². The van der Waals surface area contributed by atoms with Crippen molar-refractivity contribution in [2.24, 2.45) is 11.3 Å². The van der Waals surface area contributed by atoms with Gasteiger partial charge in [-0.25, -0.2) is 0 Å². The summed E-state index contributed by atoms with van der Waals surface area (Å²) in [5, 5.41) is 20.5. The van der Waals surface area contributed by atoms with Crippen molar-refractivity contribution in [2.45, 2.75) is 66.6 Å². The second-order valence-electron chi connectivity index (χ2n) is 8.37. The number of carbonyl (C=O) groups excluding carboxylic acids is 1. The summed E-state index contributed by atoms with van der Waals surface area (Å²) < 4.78 is 5.51. The summed E-state index contributed by atoms with van der Waals surface area (Å²) in [6.45, 7) is 14.4. The minimum Gasteiger partial charge on any atom is -0.426 e. The Balaban J connectivity index is 3.24. The third kappa shape index (κ3) is 5.33. The summed E-state index contributed by atoms with van der Waals surface area (Å²) in [4.78, 5) is 12.3. The molecule has 23 heavy (non-hydrogen) atoms. The number of aliphatic hydroxyl groups is 2. The highest BCUT2D eigenvalue weighted by molar-refractivity contribution is 5.75. The maximum absolute atomic E-state index is 12.3. The van der Waals surface area contributed by atoms with Crippen LogP contribution in [0.5, 0.6) is 5.75 Å². The van der Waals surface area contributed by atoms with Gasteiger partial charge in [0.1, 0.15) is 5.75 Å². The Labute approximate surface area is 139 Å². The van der Waals surface area contributed by atoms with E-state index in [1.54, 1.807) is 45.9 Å². The summed E-state index contributed by atoms with van der Waals surface area (Å²) in [6, 6.07) is 5.01. The van der Waals surface area contributed by atoms with Crippen LogP contribution in [0.2, 0.25) is 0 Å². The van der Waals surface area contributed by atoms with E-state index < -0.39 is 11.2 Å². The Hall–Kier alpha value is -1.39. The van der Waals surface area contributed by atoms with Crippen molar-refractivity contribution in [1.82, 2.24) is 0 Å². The van der Waals surface area contributed by atoms with Gasteiger partial charge in [-0.2, -0.15) is 0 Å². The molecular formula is C19H30O4. The highest BCUT2D eigenvalue weighted by atomic mass is 16.5. The number of rotatable bonds is 4. The lowest BCUT2D eigenvalue weighted by molar-refractivity contribution is -0.141. The van der Waals surface area contributed by atoms with Crippen LogP contribution in [0.1, 0.15) is 66.5 Å². The van der Waals surface area contributed by atoms with Gasteiger partial charge in [0.25, 0.3) is 0 Å².